The van der Waals surface area contributed by atoms with E-state index in [1.807, 2.05) is 12.1 Å². The number of phenols is 1. The molecule has 1 atom stereocenters. The van der Waals surface area contributed by atoms with E-state index in [4.69, 9.17) is 11.6 Å². The third kappa shape index (κ3) is 5.89. The van der Waals surface area contributed by atoms with E-state index in [2.05, 4.69) is 39.2 Å². The SMILES string of the molecule is CN(C)C1CCN(c2ccc(Nc3c(S(C)(=O)=O)cnc4ccc(-c5cc(F)c(O)c(Cl)c5)cc34)cn2)C1.Cl. The molecule has 1 unspecified atom stereocenters. The first-order chi connectivity index (χ1) is 18.0. The lowest BCUT2D eigenvalue weighted by atomic mass is 10.0. The number of hydrogen-bond donors (Lipinski definition) is 2. The van der Waals surface area contributed by atoms with E-state index in [1.54, 1.807) is 24.4 Å². The van der Waals surface area contributed by atoms with Crippen LogP contribution in [-0.4, -0.2) is 67.9 Å². The van der Waals surface area contributed by atoms with Gasteiger partial charge in [0.25, 0.3) is 0 Å². The van der Waals surface area contributed by atoms with Crippen molar-refractivity contribution in [3.63, 3.8) is 0 Å². The van der Waals surface area contributed by atoms with E-state index in [0.29, 0.717) is 39.4 Å². The quantitative estimate of drug-likeness (QED) is 0.303. The predicted molar refractivity (Wildman–Crippen MR) is 156 cm³/mol. The van der Waals surface area contributed by atoms with E-state index < -0.39 is 21.4 Å². The molecule has 2 aromatic heterocycles. The molecule has 12 heteroatoms. The number of likely N-dealkylation sites (N-methyl/N-ethyl adjacent to an activating group) is 1. The lowest BCUT2D eigenvalue weighted by molar-refractivity contribution is 0.315. The van der Waals surface area contributed by atoms with Crippen molar-refractivity contribution in [2.24, 2.45) is 0 Å². The molecule has 206 valence electrons. The molecule has 0 spiro atoms. The zero-order valence-electron chi connectivity index (χ0n) is 21.5. The summed E-state index contributed by atoms with van der Waals surface area (Å²) in [5, 5.41) is 13.3. The number of phenolic OH excluding ortho intramolecular Hbond substituents is 1. The number of nitrogens with zero attached hydrogens (tertiary/aromatic N) is 4. The van der Waals surface area contributed by atoms with Crippen molar-refractivity contribution >= 4 is 61.9 Å². The Morgan fingerprint density at radius 2 is 1.87 bits per heavy atom. The molecule has 5 rings (SSSR count). The lowest BCUT2D eigenvalue weighted by Crippen LogP contribution is -2.31. The van der Waals surface area contributed by atoms with Gasteiger partial charge in [-0.05, 0) is 68.0 Å². The van der Waals surface area contributed by atoms with Gasteiger partial charge in [-0.1, -0.05) is 17.7 Å². The van der Waals surface area contributed by atoms with Crippen LogP contribution >= 0.6 is 24.0 Å². The minimum atomic E-state index is -3.65. The van der Waals surface area contributed by atoms with Crippen molar-refractivity contribution in [2.75, 3.05) is 43.7 Å². The van der Waals surface area contributed by atoms with Crippen LogP contribution in [-0.2, 0) is 9.84 Å². The van der Waals surface area contributed by atoms with Crippen LogP contribution in [0.5, 0.6) is 5.75 Å². The number of benzene rings is 2. The van der Waals surface area contributed by atoms with Crippen molar-refractivity contribution < 1.29 is 17.9 Å². The number of anilines is 3. The lowest BCUT2D eigenvalue weighted by Gasteiger charge is -2.21. The second-order valence-electron chi connectivity index (χ2n) is 9.67. The van der Waals surface area contributed by atoms with Gasteiger partial charge in [-0.2, -0.15) is 0 Å². The molecule has 0 bridgehead atoms. The maximum atomic E-state index is 14.2. The molecule has 39 heavy (non-hydrogen) atoms. The minimum Gasteiger partial charge on any atom is -0.504 e. The standard InChI is InChI=1S/C27H27ClFN5O3S.ClH/c1-33(2)19-8-9-34(15-19)25-7-5-18(13-31-25)32-26-20-10-16(17-11-21(28)27(35)22(29)12-17)4-6-23(20)30-14-24(26)38(3,36)37;/h4-7,10-14,19,35H,8-9,15H2,1-3H3,(H,30,32);1H. The fraction of sp³-hybridized carbons (Fsp3) is 0.259. The molecule has 2 N–H and O–H groups in total. The summed E-state index contributed by atoms with van der Waals surface area (Å²) in [6.45, 7) is 1.81. The monoisotopic (exact) mass is 591 g/mol. The van der Waals surface area contributed by atoms with Gasteiger partial charge < -0.3 is 20.2 Å². The molecule has 8 nitrogen and oxygen atoms in total. The molecule has 4 aromatic rings. The molecule has 1 saturated heterocycles. The number of hydrogen-bond acceptors (Lipinski definition) is 8. The Hall–Kier alpha value is -3.18. The molecule has 1 aliphatic heterocycles. The van der Waals surface area contributed by atoms with Crippen LogP contribution in [0.4, 0.5) is 21.6 Å². The topological polar surface area (TPSA) is 98.7 Å². The third-order valence-electron chi connectivity index (χ3n) is 6.82. The third-order valence-corrected chi connectivity index (χ3v) is 8.21. The highest BCUT2D eigenvalue weighted by Gasteiger charge is 2.25. The molecule has 3 heterocycles. The van der Waals surface area contributed by atoms with Crippen LogP contribution in [0.25, 0.3) is 22.0 Å². The van der Waals surface area contributed by atoms with Crippen molar-refractivity contribution in [1.82, 2.24) is 14.9 Å². The van der Waals surface area contributed by atoms with Crippen molar-refractivity contribution in [3.05, 3.63) is 65.7 Å². The summed E-state index contributed by atoms with van der Waals surface area (Å²) < 4.78 is 39.5. The van der Waals surface area contributed by atoms with E-state index in [0.717, 1.165) is 31.6 Å². The molecule has 1 fully saturated rings. The highest BCUT2D eigenvalue weighted by molar-refractivity contribution is 7.90. The Kier molecular flexibility index (Phi) is 8.22. The summed E-state index contributed by atoms with van der Waals surface area (Å²) in [6, 6.07) is 12.0. The van der Waals surface area contributed by atoms with Gasteiger partial charge in [-0.15, -0.1) is 12.4 Å². The number of pyridine rings is 2. The average molecular weight is 593 g/mol. The maximum absolute atomic E-state index is 14.2. The molecule has 1 aliphatic rings. The number of fused-ring (bicyclic) bond motifs is 1. The Bertz CT molecular complexity index is 1610. The van der Waals surface area contributed by atoms with E-state index in [-0.39, 0.29) is 22.3 Å². The minimum absolute atomic E-state index is 0. The number of nitrogens with one attached hydrogen (secondary N) is 1. The zero-order chi connectivity index (χ0) is 27.2. The number of rotatable bonds is 6. The number of sulfone groups is 1. The molecular weight excluding hydrogens is 564 g/mol. The summed E-state index contributed by atoms with van der Waals surface area (Å²) in [7, 11) is 0.500. The fourth-order valence-electron chi connectivity index (χ4n) is 4.66. The number of aromatic hydroxyl groups is 1. The summed E-state index contributed by atoms with van der Waals surface area (Å²) in [5.74, 6) is -0.618. The highest BCUT2D eigenvalue weighted by atomic mass is 35.5. The first kappa shape index (κ1) is 28.8. The molecule has 0 saturated carbocycles. The Balaban J connectivity index is 0.00000353. The largest absolute Gasteiger partial charge is 0.504 e. The summed E-state index contributed by atoms with van der Waals surface area (Å²) in [6.07, 6.45) is 5.18. The Morgan fingerprint density at radius 3 is 2.49 bits per heavy atom. The van der Waals surface area contributed by atoms with Crippen LogP contribution < -0.4 is 10.2 Å². The van der Waals surface area contributed by atoms with Crippen LogP contribution in [0.2, 0.25) is 5.02 Å². The van der Waals surface area contributed by atoms with Crippen LogP contribution in [0.3, 0.4) is 0 Å². The number of halogens is 3. The van der Waals surface area contributed by atoms with Gasteiger partial charge in [0.2, 0.25) is 0 Å². The second kappa shape index (κ2) is 11.1. The first-order valence-electron chi connectivity index (χ1n) is 12.0. The van der Waals surface area contributed by atoms with Gasteiger partial charge in [0, 0.05) is 37.0 Å². The first-order valence-corrected chi connectivity index (χ1v) is 14.2. The molecule has 2 aromatic carbocycles. The summed E-state index contributed by atoms with van der Waals surface area (Å²) in [5.41, 5.74) is 2.50. The van der Waals surface area contributed by atoms with Crippen LogP contribution in [0, 0.1) is 5.82 Å². The smallest absolute Gasteiger partial charge is 0.179 e. The van der Waals surface area contributed by atoms with Crippen molar-refractivity contribution in [1.29, 1.82) is 0 Å². The van der Waals surface area contributed by atoms with Crippen molar-refractivity contribution in [2.45, 2.75) is 17.4 Å². The van der Waals surface area contributed by atoms with Gasteiger partial charge in [-0.3, -0.25) is 4.98 Å². The Morgan fingerprint density at radius 1 is 1.10 bits per heavy atom. The van der Waals surface area contributed by atoms with Gasteiger partial charge >= 0.3 is 0 Å². The van der Waals surface area contributed by atoms with Gasteiger partial charge in [0.15, 0.2) is 21.4 Å². The van der Waals surface area contributed by atoms with Gasteiger partial charge in [0.05, 0.1) is 28.1 Å². The van der Waals surface area contributed by atoms with Gasteiger partial charge in [-0.25, -0.2) is 17.8 Å². The fourth-order valence-corrected chi connectivity index (χ4v) is 5.64. The van der Waals surface area contributed by atoms with Crippen LogP contribution in [0.1, 0.15) is 6.42 Å². The zero-order valence-corrected chi connectivity index (χ0v) is 23.9. The van der Waals surface area contributed by atoms with E-state index in [1.165, 1.54) is 18.3 Å². The van der Waals surface area contributed by atoms with Crippen LogP contribution in [0.15, 0.2) is 59.8 Å². The predicted octanol–water partition coefficient (Wildman–Crippen LogP) is 5.50. The van der Waals surface area contributed by atoms with Gasteiger partial charge in [0.1, 0.15) is 10.7 Å². The van der Waals surface area contributed by atoms with E-state index >= 15 is 0 Å². The molecule has 0 aliphatic carbocycles. The molecule has 0 radical (unpaired) electrons. The Labute approximate surface area is 237 Å². The highest BCUT2D eigenvalue weighted by Crippen LogP contribution is 2.37. The van der Waals surface area contributed by atoms with Crippen molar-refractivity contribution in [3.8, 4) is 16.9 Å². The number of aromatic nitrogens is 2. The summed E-state index contributed by atoms with van der Waals surface area (Å²) >= 11 is 5.99. The van der Waals surface area contributed by atoms with E-state index in [9.17, 15) is 17.9 Å². The molecular formula is C27H28Cl2FN5O3S. The maximum Gasteiger partial charge on any atom is 0.179 e. The normalized spacial score (nSPS) is 15.5. The summed E-state index contributed by atoms with van der Waals surface area (Å²) in [4.78, 5) is 13.4. The second-order valence-corrected chi connectivity index (χ2v) is 12.1. The average Bonchev–Trinajstić information content (AvgIpc) is 3.37. The molecule has 0 amide bonds.